The number of amides is 1. The first-order valence-electron chi connectivity index (χ1n) is 10.5. The molecule has 1 saturated heterocycles. The molecule has 1 unspecified atom stereocenters. The van der Waals surface area contributed by atoms with Gasteiger partial charge in [-0.05, 0) is 37.1 Å². The Morgan fingerprint density at radius 2 is 1.87 bits per heavy atom. The van der Waals surface area contributed by atoms with Gasteiger partial charge in [-0.25, -0.2) is 9.97 Å². The largest absolute Gasteiger partial charge is 0.352 e. The second-order valence-electron chi connectivity index (χ2n) is 7.41. The van der Waals surface area contributed by atoms with Crippen LogP contribution in [0.3, 0.4) is 0 Å². The molecule has 1 aromatic carbocycles. The van der Waals surface area contributed by atoms with Crippen LogP contribution in [0.15, 0.2) is 47.7 Å². The fourth-order valence-electron chi connectivity index (χ4n) is 3.32. The van der Waals surface area contributed by atoms with Crippen molar-refractivity contribution in [2.45, 2.75) is 32.9 Å². The average Bonchev–Trinajstić information content (AvgIpc) is 2.80. The number of carbonyl (C=O) groups is 1. The van der Waals surface area contributed by atoms with Gasteiger partial charge in [-0.1, -0.05) is 19.1 Å². The van der Waals surface area contributed by atoms with Gasteiger partial charge < -0.3 is 20.4 Å². The van der Waals surface area contributed by atoms with Crippen LogP contribution in [0.2, 0.25) is 0 Å². The number of halogens is 1. The zero-order valence-corrected chi connectivity index (χ0v) is 20.7. The summed E-state index contributed by atoms with van der Waals surface area (Å²) in [6.45, 7) is 8.05. The molecular formula is C22H32IN7O. The zero-order valence-electron chi connectivity index (χ0n) is 18.4. The first kappa shape index (κ1) is 24.8. The smallest absolute Gasteiger partial charge is 0.251 e. The number of hydrogen-bond donors (Lipinski definition) is 2. The van der Waals surface area contributed by atoms with Gasteiger partial charge in [0.25, 0.3) is 5.91 Å². The molecule has 8 nitrogen and oxygen atoms in total. The summed E-state index contributed by atoms with van der Waals surface area (Å²) < 4.78 is 0. The van der Waals surface area contributed by atoms with E-state index in [1.54, 1.807) is 19.4 Å². The van der Waals surface area contributed by atoms with E-state index in [0.717, 1.165) is 50.1 Å². The topological polar surface area (TPSA) is 85.8 Å². The van der Waals surface area contributed by atoms with Crippen molar-refractivity contribution in [3.05, 3.63) is 53.9 Å². The summed E-state index contributed by atoms with van der Waals surface area (Å²) >= 11 is 0. The summed E-state index contributed by atoms with van der Waals surface area (Å²) in [7, 11) is 1.80. The Balaban J connectivity index is 0.00000341. The SMILES string of the molecule is CCC(C)NC(=O)c1cccc(CNC(=NC)N2CCN(c3ncccn3)CC2)c1.I. The van der Waals surface area contributed by atoms with Gasteiger partial charge >= 0.3 is 0 Å². The summed E-state index contributed by atoms with van der Waals surface area (Å²) in [5.41, 5.74) is 1.73. The Bertz CT molecular complexity index is 854. The molecule has 0 spiro atoms. The van der Waals surface area contributed by atoms with Gasteiger partial charge in [0.2, 0.25) is 5.95 Å². The predicted molar refractivity (Wildman–Crippen MR) is 135 cm³/mol. The van der Waals surface area contributed by atoms with E-state index in [2.05, 4.69) is 42.3 Å². The highest BCUT2D eigenvalue weighted by molar-refractivity contribution is 14.0. The average molecular weight is 537 g/mol. The molecule has 168 valence electrons. The van der Waals surface area contributed by atoms with E-state index in [9.17, 15) is 4.79 Å². The molecule has 31 heavy (non-hydrogen) atoms. The summed E-state index contributed by atoms with van der Waals surface area (Å²) in [6.07, 6.45) is 4.45. The number of anilines is 1. The van der Waals surface area contributed by atoms with Crippen molar-refractivity contribution < 1.29 is 4.79 Å². The van der Waals surface area contributed by atoms with Crippen LogP contribution in [0, 0.1) is 0 Å². The van der Waals surface area contributed by atoms with Crippen molar-refractivity contribution >= 4 is 41.8 Å². The van der Waals surface area contributed by atoms with Crippen molar-refractivity contribution in [1.82, 2.24) is 25.5 Å². The number of aliphatic imine (C=N–C) groups is 1. The first-order chi connectivity index (χ1) is 14.6. The molecule has 2 N–H and O–H groups in total. The van der Waals surface area contributed by atoms with Gasteiger partial charge in [0.05, 0.1) is 0 Å². The minimum atomic E-state index is -0.0326. The van der Waals surface area contributed by atoms with E-state index in [4.69, 9.17) is 0 Å². The van der Waals surface area contributed by atoms with Crippen LogP contribution in [0.5, 0.6) is 0 Å². The number of benzene rings is 1. The van der Waals surface area contributed by atoms with E-state index in [1.165, 1.54) is 0 Å². The van der Waals surface area contributed by atoms with Gasteiger partial charge in [0.1, 0.15) is 0 Å². The quantitative estimate of drug-likeness (QED) is 0.335. The van der Waals surface area contributed by atoms with Gasteiger partial charge in [0.15, 0.2) is 5.96 Å². The van der Waals surface area contributed by atoms with Gasteiger partial charge in [-0.3, -0.25) is 9.79 Å². The van der Waals surface area contributed by atoms with Crippen LogP contribution in [0.1, 0.15) is 36.2 Å². The molecule has 9 heteroatoms. The third kappa shape index (κ3) is 7.05. The van der Waals surface area contributed by atoms with Crippen molar-refractivity contribution in [2.75, 3.05) is 38.1 Å². The van der Waals surface area contributed by atoms with Crippen molar-refractivity contribution in [3.8, 4) is 0 Å². The summed E-state index contributed by atoms with van der Waals surface area (Å²) in [5, 5.41) is 6.43. The van der Waals surface area contributed by atoms with Crippen LogP contribution >= 0.6 is 24.0 Å². The van der Waals surface area contributed by atoms with Gasteiger partial charge in [-0.2, -0.15) is 0 Å². The molecule has 1 aromatic heterocycles. The van der Waals surface area contributed by atoms with Crippen LogP contribution < -0.4 is 15.5 Å². The van der Waals surface area contributed by atoms with Crippen LogP contribution in [0.25, 0.3) is 0 Å². The molecule has 0 aliphatic carbocycles. The molecular weight excluding hydrogens is 505 g/mol. The molecule has 1 amide bonds. The number of piperazine rings is 1. The summed E-state index contributed by atoms with van der Waals surface area (Å²) in [5.74, 6) is 1.60. The third-order valence-electron chi connectivity index (χ3n) is 5.26. The fourth-order valence-corrected chi connectivity index (χ4v) is 3.32. The van der Waals surface area contributed by atoms with E-state index in [-0.39, 0.29) is 35.9 Å². The minimum Gasteiger partial charge on any atom is -0.352 e. The van der Waals surface area contributed by atoms with Crippen molar-refractivity contribution in [3.63, 3.8) is 0 Å². The lowest BCUT2D eigenvalue weighted by molar-refractivity contribution is 0.0939. The number of nitrogens with zero attached hydrogens (tertiary/aromatic N) is 5. The minimum absolute atomic E-state index is 0. The number of guanidine groups is 1. The lowest BCUT2D eigenvalue weighted by Crippen LogP contribution is -2.52. The molecule has 0 bridgehead atoms. The summed E-state index contributed by atoms with van der Waals surface area (Å²) in [6, 6.07) is 9.71. The summed E-state index contributed by atoms with van der Waals surface area (Å²) in [4.78, 5) is 29.9. The Kier molecular flexibility index (Phi) is 9.96. The van der Waals surface area contributed by atoms with Crippen LogP contribution in [0.4, 0.5) is 5.95 Å². The van der Waals surface area contributed by atoms with Gasteiger partial charge in [0, 0.05) is 63.8 Å². The molecule has 2 heterocycles. The molecule has 2 aromatic rings. The maximum atomic E-state index is 12.4. The second kappa shape index (κ2) is 12.4. The zero-order chi connectivity index (χ0) is 21.3. The highest BCUT2D eigenvalue weighted by Gasteiger charge is 2.21. The molecule has 1 atom stereocenters. The van der Waals surface area contributed by atoms with Crippen LogP contribution in [-0.4, -0.2) is 66.0 Å². The Morgan fingerprint density at radius 1 is 1.16 bits per heavy atom. The molecule has 0 radical (unpaired) electrons. The monoisotopic (exact) mass is 537 g/mol. The van der Waals surface area contributed by atoms with E-state index < -0.39 is 0 Å². The Labute approximate surface area is 201 Å². The standard InChI is InChI=1S/C22H31N7O.HI/c1-4-17(2)27-20(30)19-8-5-7-18(15-19)16-26-21(23-3)28-11-13-29(14-12-28)22-24-9-6-10-25-22;/h5-10,15,17H,4,11-14,16H2,1-3H3,(H,23,26)(H,27,30);1H. The molecule has 0 saturated carbocycles. The molecule has 1 aliphatic heterocycles. The van der Waals surface area contributed by atoms with Crippen molar-refractivity contribution in [2.24, 2.45) is 4.99 Å². The highest BCUT2D eigenvalue weighted by atomic mass is 127. The number of carbonyl (C=O) groups excluding carboxylic acids is 1. The second-order valence-corrected chi connectivity index (χ2v) is 7.41. The predicted octanol–water partition coefficient (Wildman–Crippen LogP) is 2.52. The van der Waals surface area contributed by atoms with E-state index >= 15 is 0 Å². The Morgan fingerprint density at radius 3 is 2.52 bits per heavy atom. The maximum absolute atomic E-state index is 12.4. The lowest BCUT2D eigenvalue weighted by atomic mass is 10.1. The number of hydrogen-bond acceptors (Lipinski definition) is 5. The number of nitrogens with one attached hydrogen (secondary N) is 2. The fraction of sp³-hybridized carbons (Fsp3) is 0.455. The molecule has 1 fully saturated rings. The Hall–Kier alpha value is -2.43. The van der Waals surface area contributed by atoms with Crippen LogP contribution in [-0.2, 0) is 6.54 Å². The third-order valence-corrected chi connectivity index (χ3v) is 5.26. The van der Waals surface area contributed by atoms with E-state index in [0.29, 0.717) is 12.1 Å². The number of rotatable bonds is 6. The highest BCUT2D eigenvalue weighted by Crippen LogP contribution is 2.11. The number of aromatic nitrogens is 2. The lowest BCUT2D eigenvalue weighted by Gasteiger charge is -2.36. The molecule has 1 aliphatic rings. The maximum Gasteiger partial charge on any atom is 0.251 e. The first-order valence-corrected chi connectivity index (χ1v) is 10.5. The van der Waals surface area contributed by atoms with Gasteiger partial charge in [-0.15, -0.1) is 24.0 Å². The normalized spacial score (nSPS) is 15.1. The van der Waals surface area contributed by atoms with Crippen molar-refractivity contribution in [1.29, 1.82) is 0 Å². The molecule has 3 rings (SSSR count). The van der Waals surface area contributed by atoms with E-state index in [1.807, 2.05) is 37.3 Å².